The van der Waals surface area contributed by atoms with Crippen LogP contribution in [0.3, 0.4) is 0 Å². The Balaban J connectivity index is 1.55. The van der Waals surface area contributed by atoms with E-state index in [0.29, 0.717) is 25.7 Å². The fourth-order valence-electron chi connectivity index (χ4n) is 4.01. The van der Waals surface area contributed by atoms with Crippen molar-refractivity contribution < 1.29 is 9.53 Å². The maximum absolute atomic E-state index is 11.9. The van der Waals surface area contributed by atoms with Gasteiger partial charge >= 0.3 is 6.09 Å². The minimum atomic E-state index is -0.232. The number of piperazine rings is 1. The number of carbonyl (C=O) groups is 1. The molecule has 7 nitrogen and oxygen atoms in total. The van der Waals surface area contributed by atoms with Gasteiger partial charge in [0.05, 0.1) is 6.61 Å². The average molecular weight is 381 g/mol. The Bertz CT molecular complexity index is 864. The summed E-state index contributed by atoms with van der Waals surface area (Å²) in [5.41, 5.74) is 3.48. The number of aromatic nitrogens is 2. The van der Waals surface area contributed by atoms with Crippen LogP contribution in [-0.2, 0) is 11.2 Å². The molecule has 1 atom stereocenters. The van der Waals surface area contributed by atoms with Gasteiger partial charge < -0.3 is 19.4 Å². The predicted molar refractivity (Wildman–Crippen MR) is 109 cm³/mol. The summed E-state index contributed by atoms with van der Waals surface area (Å²) in [7, 11) is 0. The summed E-state index contributed by atoms with van der Waals surface area (Å²) in [6, 6.07) is 10.8. The van der Waals surface area contributed by atoms with E-state index >= 15 is 0 Å². The van der Waals surface area contributed by atoms with Crippen molar-refractivity contribution in [1.82, 2.24) is 14.9 Å². The monoisotopic (exact) mass is 381 g/mol. The van der Waals surface area contributed by atoms with Gasteiger partial charge in [-0.05, 0) is 38.8 Å². The predicted octanol–water partition coefficient (Wildman–Crippen LogP) is 3.15. The van der Waals surface area contributed by atoms with Crippen LogP contribution in [0.2, 0.25) is 0 Å². The number of anilines is 3. The number of hydrogen-bond donors (Lipinski definition) is 0. The van der Waals surface area contributed by atoms with E-state index in [1.165, 1.54) is 11.3 Å². The first kappa shape index (κ1) is 18.5. The largest absolute Gasteiger partial charge is 0.450 e. The first-order valence-corrected chi connectivity index (χ1v) is 9.96. The summed E-state index contributed by atoms with van der Waals surface area (Å²) in [5, 5.41) is 0. The molecule has 0 spiro atoms. The van der Waals surface area contributed by atoms with E-state index in [-0.39, 0.29) is 6.09 Å². The summed E-state index contributed by atoms with van der Waals surface area (Å²) in [6.45, 7) is 9.21. The molecule has 1 unspecified atom stereocenters. The molecule has 1 aromatic carbocycles. The number of para-hydroxylation sites is 1. The van der Waals surface area contributed by atoms with E-state index < -0.39 is 0 Å². The molecule has 0 saturated carbocycles. The van der Waals surface area contributed by atoms with Gasteiger partial charge in [0.25, 0.3) is 0 Å². The normalized spacial score (nSPS) is 19.0. The zero-order valence-electron chi connectivity index (χ0n) is 16.8. The number of amides is 1. The van der Waals surface area contributed by atoms with Gasteiger partial charge in [-0.3, -0.25) is 0 Å². The number of benzene rings is 1. The van der Waals surface area contributed by atoms with Crippen molar-refractivity contribution in [3.8, 4) is 0 Å². The molecular formula is C21H27N5O2. The van der Waals surface area contributed by atoms with Crippen LogP contribution >= 0.6 is 0 Å². The summed E-state index contributed by atoms with van der Waals surface area (Å²) < 4.78 is 5.11. The molecule has 2 aliphatic heterocycles. The lowest BCUT2D eigenvalue weighted by Gasteiger charge is -2.35. The molecule has 0 N–H and O–H groups in total. The summed E-state index contributed by atoms with van der Waals surface area (Å²) in [6.07, 6.45) is 0.769. The number of fused-ring (bicyclic) bond motifs is 1. The zero-order chi connectivity index (χ0) is 19.7. The summed E-state index contributed by atoms with van der Waals surface area (Å²) in [5.74, 6) is 1.67. The van der Waals surface area contributed by atoms with Crippen molar-refractivity contribution in [1.29, 1.82) is 0 Å². The van der Waals surface area contributed by atoms with Crippen LogP contribution in [0.15, 0.2) is 30.3 Å². The van der Waals surface area contributed by atoms with E-state index in [4.69, 9.17) is 14.7 Å². The van der Waals surface area contributed by atoms with Gasteiger partial charge in [-0.1, -0.05) is 18.2 Å². The van der Waals surface area contributed by atoms with Gasteiger partial charge in [0, 0.05) is 49.7 Å². The Morgan fingerprint density at radius 3 is 2.68 bits per heavy atom. The molecule has 2 aromatic rings. The number of rotatable bonds is 3. The highest BCUT2D eigenvalue weighted by molar-refractivity contribution is 5.69. The molecule has 4 rings (SSSR count). The van der Waals surface area contributed by atoms with Gasteiger partial charge in [0.1, 0.15) is 5.82 Å². The Morgan fingerprint density at radius 2 is 1.93 bits per heavy atom. The highest BCUT2D eigenvalue weighted by Crippen LogP contribution is 2.37. The van der Waals surface area contributed by atoms with Gasteiger partial charge in [-0.25, -0.2) is 9.78 Å². The third-order valence-electron chi connectivity index (χ3n) is 5.38. The molecule has 0 bridgehead atoms. The molecule has 7 heteroatoms. The fourth-order valence-corrected chi connectivity index (χ4v) is 4.01. The second-order valence-electron chi connectivity index (χ2n) is 7.39. The Hall–Kier alpha value is -2.83. The number of nitrogens with zero attached hydrogens (tertiary/aromatic N) is 5. The van der Waals surface area contributed by atoms with E-state index in [2.05, 4.69) is 41.0 Å². The second kappa shape index (κ2) is 7.66. The maximum atomic E-state index is 11.9. The van der Waals surface area contributed by atoms with Crippen molar-refractivity contribution in [2.24, 2.45) is 0 Å². The Kier molecular flexibility index (Phi) is 5.07. The number of carbonyl (C=O) groups excluding carboxylic acids is 1. The minimum Gasteiger partial charge on any atom is -0.450 e. The molecule has 2 aliphatic rings. The summed E-state index contributed by atoms with van der Waals surface area (Å²) in [4.78, 5) is 27.8. The van der Waals surface area contributed by atoms with E-state index in [1.807, 2.05) is 19.9 Å². The van der Waals surface area contributed by atoms with Crippen molar-refractivity contribution in [3.05, 3.63) is 41.6 Å². The molecule has 148 valence electrons. The van der Waals surface area contributed by atoms with E-state index in [9.17, 15) is 4.79 Å². The average Bonchev–Trinajstić information content (AvgIpc) is 3.03. The maximum Gasteiger partial charge on any atom is 0.409 e. The van der Waals surface area contributed by atoms with Crippen molar-refractivity contribution in [2.75, 3.05) is 42.6 Å². The molecule has 1 aromatic heterocycles. The van der Waals surface area contributed by atoms with Crippen LogP contribution < -0.4 is 9.80 Å². The van der Waals surface area contributed by atoms with Gasteiger partial charge in [0.2, 0.25) is 5.95 Å². The number of hydrogen-bond acceptors (Lipinski definition) is 6. The lowest BCUT2D eigenvalue weighted by molar-refractivity contribution is 0.105. The zero-order valence-corrected chi connectivity index (χ0v) is 16.8. The van der Waals surface area contributed by atoms with Crippen LogP contribution in [0.25, 0.3) is 0 Å². The van der Waals surface area contributed by atoms with Gasteiger partial charge in [0.15, 0.2) is 0 Å². The lowest BCUT2D eigenvalue weighted by Crippen LogP contribution is -2.49. The van der Waals surface area contributed by atoms with Gasteiger partial charge in [-0.2, -0.15) is 4.98 Å². The van der Waals surface area contributed by atoms with Crippen LogP contribution in [0, 0.1) is 6.92 Å². The third-order valence-corrected chi connectivity index (χ3v) is 5.38. The fraction of sp³-hybridized carbons (Fsp3) is 0.476. The Morgan fingerprint density at radius 1 is 1.18 bits per heavy atom. The van der Waals surface area contributed by atoms with E-state index in [0.717, 1.165) is 37.0 Å². The SMILES string of the molecule is CCOC(=O)N1CCN(c2cc(C)nc(N3c4ccccc4CC3C)n2)CC1. The molecule has 0 aliphatic carbocycles. The highest BCUT2D eigenvalue weighted by Gasteiger charge is 2.30. The highest BCUT2D eigenvalue weighted by atomic mass is 16.6. The van der Waals surface area contributed by atoms with Crippen LogP contribution in [0.4, 0.5) is 22.2 Å². The Labute approximate surface area is 165 Å². The molecule has 0 radical (unpaired) electrons. The molecular weight excluding hydrogens is 354 g/mol. The first-order chi connectivity index (χ1) is 13.6. The topological polar surface area (TPSA) is 61.8 Å². The molecule has 1 fully saturated rings. The lowest BCUT2D eigenvalue weighted by atomic mass is 10.1. The molecule has 3 heterocycles. The number of aryl methyl sites for hydroxylation is 1. The van der Waals surface area contributed by atoms with E-state index in [1.54, 1.807) is 4.90 Å². The van der Waals surface area contributed by atoms with Gasteiger partial charge in [-0.15, -0.1) is 0 Å². The van der Waals surface area contributed by atoms with Crippen molar-refractivity contribution in [2.45, 2.75) is 33.2 Å². The summed E-state index contributed by atoms with van der Waals surface area (Å²) >= 11 is 0. The first-order valence-electron chi connectivity index (χ1n) is 9.96. The molecule has 28 heavy (non-hydrogen) atoms. The number of ether oxygens (including phenoxy) is 1. The van der Waals surface area contributed by atoms with Crippen LogP contribution in [0.1, 0.15) is 25.1 Å². The third kappa shape index (κ3) is 3.48. The quantitative estimate of drug-likeness (QED) is 0.814. The standard InChI is InChI=1S/C21H27N5O2/c1-4-28-21(27)25-11-9-24(10-12-25)19-13-15(2)22-20(23-19)26-16(3)14-17-7-5-6-8-18(17)26/h5-8,13,16H,4,9-12,14H2,1-3H3. The van der Waals surface area contributed by atoms with Crippen LogP contribution in [-0.4, -0.2) is 59.8 Å². The van der Waals surface area contributed by atoms with Crippen molar-refractivity contribution >= 4 is 23.5 Å². The van der Waals surface area contributed by atoms with Crippen LogP contribution in [0.5, 0.6) is 0 Å². The second-order valence-corrected chi connectivity index (χ2v) is 7.39. The minimum absolute atomic E-state index is 0.232. The van der Waals surface area contributed by atoms with Crippen molar-refractivity contribution in [3.63, 3.8) is 0 Å². The molecule has 1 amide bonds. The molecule has 1 saturated heterocycles. The smallest absolute Gasteiger partial charge is 0.409 e.